The lowest BCUT2D eigenvalue weighted by Gasteiger charge is -2.04. The smallest absolute Gasteiger partial charge is 0.333 e. The molecule has 0 heterocycles. The van der Waals surface area contributed by atoms with Gasteiger partial charge < -0.3 is 9.47 Å². The van der Waals surface area contributed by atoms with Crippen LogP contribution in [0.2, 0.25) is 0 Å². The van der Waals surface area contributed by atoms with Gasteiger partial charge in [0.1, 0.15) is 5.75 Å². The van der Waals surface area contributed by atoms with Crippen LogP contribution in [0.4, 0.5) is 0 Å². The standard InChI is InChI=1S/C13H12Br2O3/c1-2-17-13(16)7-8-18-11-6-4-3-5-10(11)9-12(14)15/h3-9H,2H2,1H3/b8-7+. The summed E-state index contributed by atoms with van der Waals surface area (Å²) in [6.45, 7) is 2.10. The maximum absolute atomic E-state index is 11.1. The molecule has 0 saturated carbocycles. The number of rotatable bonds is 5. The molecule has 1 rings (SSSR count). The first kappa shape index (κ1) is 15.0. The summed E-state index contributed by atoms with van der Waals surface area (Å²) >= 11 is 6.57. The molecule has 0 bridgehead atoms. The molecule has 1 aromatic carbocycles. The highest BCUT2D eigenvalue weighted by Gasteiger charge is 2.00. The molecule has 96 valence electrons. The molecule has 0 aliphatic rings. The van der Waals surface area contributed by atoms with E-state index in [1.807, 2.05) is 30.3 Å². The topological polar surface area (TPSA) is 35.5 Å². The number of para-hydroxylation sites is 1. The van der Waals surface area contributed by atoms with Gasteiger partial charge in [0.25, 0.3) is 0 Å². The summed E-state index contributed by atoms with van der Waals surface area (Å²) in [5.74, 6) is 0.224. The Bertz CT molecular complexity index is 463. The van der Waals surface area contributed by atoms with Crippen molar-refractivity contribution in [2.24, 2.45) is 0 Å². The van der Waals surface area contributed by atoms with Crippen molar-refractivity contribution in [3.63, 3.8) is 0 Å². The molecule has 0 atom stereocenters. The van der Waals surface area contributed by atoms with Crippen molar-refractivity contribution in [2.45, 2.75) is 6.92 Å². The van der Waals surface area contributed by atoms with Gasteiger partial charge in [-0.05, 0) is 50.9 Å². The maximum Gasteiger partial charge on any atom is 0.333 e. The number of carbonyl (C=O) groups excluding carboxylic acids is 1. The third kappa shape index (κ3) is 5.51. The molecule has 3 nitrogen and oxygen atoms in total. The Morgan fingerprint density at radius 3 is 2.72 bits per heavy atom. The van der Waals surface area contributed by atoms with Crippen molar-refractivity contribution in [2.75, 3.05) is 6.61 Å². The zero-order valence-corrected chi connectivity index (χ0v) is 12.9. The molecule has 0 N–H and O–H groups in total. The first-order chi connectivity index (χ1) is 8.63. The Morgan fingerprint density at radius 1 is 1.33 bits per heavy atom. The fourth-order valence-electron chi connectivity index (χ4n) is 1.18. The molecular formula is C13H12Br2O3. The largest absolute Gasteiger partial charge is 0.464 e. The number of benzene rings is 1. The second-order valence-electron chi connectivity index (χ2n) is 3.14. The Balaban J connectivity index is 2.73. The minimum Gasteiger partial charge on any atom is -0.464 e. The SMILES string of the molecule is CCOC(=O)/C=C/Oc1ccccc1C=C(Br)Br. The molecular weight excluding hydrogens is 364 g/mol. The summed E-state index contributed by atoms with van der Waals surface area (Å²) < 4.78 is 10.9. The van der Waals surface area contributed by atoms with Gasteiger partial charge >= 0.3 is 5.97 Å². The molecule has 0 aliphatic carbocycles. The van der Waals surface area contributed by atoms with Crippen LogP contribution in [0.3, 0.4) is 0 Å². The van der Waals surface area contributed by atoms with Gasteiger partial charge in [0, 0.05) is 5.56 Å². The van der Waals surface area contributed by atoms with Crippen LogP contribution in [0, 0.1) is 0 Å². The molecule has 0 amide bonds. The molecule has 0 aromatic heterocycles. The summed E-state index contributed by atoms with van der Waals surface area (Å²) in [4.78, 5) is 11.1. The van der Waals surface area contributed by atoms with E-state index in [1.54, 1.807) is 6.92 Å². The molecule has 0 radical (unpaired) electrons. The molecule has 0 aliphatic heterocycles. The minimum absolute atomic E-state index is 0.346. The van der Waals surface area contributed by atoms with Crippen LogP contribution in [0.25, 0.3) is 6.08 Å². The Morgan fingerprint density at radius 2 is 2.06 bits per heavy atom. The first-order valence-electron chi connectivity index (χ1n) is 5.25. The summed E-state index contributed by atoms with van der Waals surface area (Å²) in [6.07, 6.45) is 4.41. The average molecular weight is 376 g/mol. The van der Waals surface area contributed by atoms with Crippen LogP contribution in [-0.2, 0) is 9.53 Å². The lowest BCUT2D eigenvalue weighted by molar-refractivity contribution is -0.137. The summed E-state index contributed by atoms with van der Waals surface area (Å²) in [6, 6.07) is 7.46. The van der Waals surface area contributed by atoms with Gasteiger partial charge in [-0.3, -0.25) is 0 Å². The highest BCUT2D eigenvalue weighted by atomic mass is 79.9. The molecule has 5 heteroatoms. The van der Waals surface area contributed by atoms with E-state index in [2.05, 4.69) is 31.9 Å². The first-order valence-corrected chi connectivity index (χ1v) is 6.83. The van der Waals surface area contributed by atoms with Crippen molar-refractivity contribution in [3.05, 3.63) is 45.6 Å². The lowest BCUT2D eigenvalue weighted by Crippen LogP contribution is -1.99. The molecule has 0 saturated heterocycles. The number of halogens is 2. The van der Waals surface area contributed by atoms with Crippen LogP contribution < -0.4 is 4.74 Å². The van der Waals surface area contributed by atoms with Crippen molar-refractivity contribution in [1.82, 2.24) is 0 Å². The van der Waals surface area contributed by atoms with Crippen molar-refractivity contribution in [1.29, 1.82) is 0 Å². The third-order valence-electron chi connectivity index (χ3n) is 1.87. The van der Waals surface area contributed by atoms with Gasteiger partial charge in [-0.25, -0.2) is 4.79 Å². The quantitative estimate of drug-likeness (QED) is 0.439. The van der Waals surface area contributed by atoms with Crippen LogP contribution >= 0.6 is 31.9 Å². The fourth-order valence-corrected chi connectivity index (χ4v) is 1.67. The van der Waals surface area contributed by atoms with E-state index in [1.165, 1.54) is 12.3 Å². The predicted octanol–water partition coefficient (Wildman–Crippen LogP) is 4.23. The minimum atomic E-state index is -0.424. The maximum atomic E-state index is 11.1. The van der Waals surface area contributed by atoms with E-state index in [-0.39, 0.29) is 0 Å². The third-order valence-corrected chi connectivity index (χ3v) is 2.33. The zero-order valence-electron chi connectivity index (χ0n) is 9.73. The Labute approximate surface area is 123 Å². The molecule has 18 heavy (non-hydrogen) atoms. The normalized spacial score (nSPS) is 10.2. The zero-order chi connectivity index (χ0) is 13.4. The monoisotopic (exact) mass is 374 g/mol. The number of ether oxygens (including phenoxy) is 2. The molecule has 0 fully saturated rings. The van der Waals surface area contributed by atoms with Crippen LogP contribution in [0.5, 0.6) is 5.75 Å². The number of hydrogen-bond donors (Lipinski definition) is 0. The average Bonchev–Trinajstić information content (AvgIpc) is 2.31. The number of esters is 1. The summed E-state index contributed by atoms with van der Waals surface area (Å²) in [7, 11) is 0. The summed E-state index contributed by atoms with van der Waals surface area (Å²) in [5, 5.41) is 0. The van der Waals surface area contributed by atoms with Gasteiger partial charge in [-0.15, -0.1) is 0 Å². The Kier molecular flexibility index (Phi) is 6.75. The highest BCUT2D eigenvalue weighted by Crippen LogP contribution is 2.25. The van der Waals surface area contributed by atoms with E-state index in [0.717, 1.165) is 8.96 Å². The van der Waals surface area contributed by atoms with Crippen LogP contribution in [-0.4, -0.2) is 12.6 Å². The van der Waals surface area contributed by atoms with Crippen molar-refractivity contribution >= 4 is 43.9 Å². The second kappa shape index (κ2) is 8.11. The molecule has 1 aromatic rings. The second-order valence-corrected chi connectivity index (χ2v) is 5.92. The van der Waals surface area contributed by atoms with Gasteiger partial charge in [0.15, 0.2) is 0 Å². The van der Waals surface area contributed by atoms with Gasteiger partial charge in [0.05, 0.1) is 22.3 Å². The van der Waals surface area contributed by atoms with Crippen molar-refractivity contribution in [3.8, 4) is 5.75 Å². The van der Waals surface area contributed by atoms with Crippen LogP contribution in [0.1, 0.15) is 12.5 Å². The van der Waals surface area contributed by atoms with E-state index in [9.17, 15) is 4.79 Å². The fraction of sp³-hybridized carbons (Fsp3) is 0.154. The van der Waals surface area contributed by atoms with E-state index in [4.69, 9.17) is 9.47 Å². The molecule has 0 spiro atoms. The number of hydrogen-bond acceptors (Lipinski definition) is 3. The predicted molar refractivity (Wildman–Crippen MR) is 78.7 cm³/mol. The van der Waals surface area contributed by atoms with Crippen molar-refractivity contribution < 1.29 is 14.3 Å². The number of carbonyl (C=O) groups is 1. The summed E-state index contributed by atoms with van der Waals surface area (Å²) in [5.41, 5.74) is 0.884. The van der Waals surface area contributed by atoms with E-state index in [0.29, 0.717) is 12.4 Å². The molecule has 0 unspecified atom stereocenters. The van der Waals surface area contributed by atoms with E-state index >= 15 is 0 Å². The van der Waals surface area contributed by atoms with Gasteiger partial charge in [0.2, 0.25) is 0 Å². The Hall–Kier alpha value is -1.07. The lowest BCUT2D eigenvalue weighted by atomic mass is 10.2. The highest BCUT2D eigenvalue weighted by molar-refractivity contribution is 9.28. The van der Waals surface area contributed by atoms with Crippen LogP contribution in [0.15, 0.2) is 40.0 Å². The van der Waals surface area contributed by atoms with E-state index < -0.39 is 5.97 Å². The van der Waals surface area contributed by atoms with Gasteiger partial charge in [-0.1, -0.05) is 18.2 Å². The van der Waals surface area contributed by atoms with Gasteiger partial charge in [-0.2, -0.15) is 0 Å².